The van der Waals surface area contributed by atoms with Crippen LogP contribution in [-0.4, -0.2) is 19.5 Å². The van der Waals surface area contributed by atoms with Crippen LogP contribution in [0.1, 0.15) is 11.1 Å². The molecule has 1 rings (SSSR count). The summed E-state index contributed by atoms with van der Waals surface area (Å²) >= 11 is 0. The summed E-state index contributed by atoms with van der Waals surface area (Å²) in [7, 11) is 0. The van der Waals surface area contributed by atoms with Crippen LogP contribution in [0.25, 0.3) is 0 Å². The van der Waals surface area contributed by atoms with E-state index in [1.165, 1.54) is 0 Å². The second-order valence-electron chi connectivity index (χ2n) is 3.54. The van der Waals surface area contributed by atoms with Crippen LogP contribution >= 0.6 is 0 Å². The molecule has 0 atom stereocenters. The number of ether oxygens (including phenoxy) is 1. The molecule has 0 saturated carbocycles. The van der Waals surface area contributed by atoms with Crippen LogP contribution in [0, 0.1) is 13.8 Å². The van der Waals surface area contributed by atoms with Gasteiger partial charge >= 0.3 is 6.36 Å². The number of anilines is 1. The SMILES string of the molecule is Cc1ccc(C)c(NCCOC(F)(F)F)c1. The Bertz CT molecular complexity index is 350. The zero-order valence-electron chi connectivity index (χ0n) is 9.19. The standard InChI is InChI=1S/C11H14F3NO/c1-8-3-4-9(2)10(7-8)15-5-6-16-11(12,13)14/h3-4,7,15H,5-6H2,1-2H3. The first-order valence-corrected chi connectivity index (χ1v) is 4.90. The minimum Gasteiger partial charge on any atom is -0.383 e. The Hall–Kier alpha value is -1.23. The number of benzene rings is 1. The summed E-state index contributed by atoms with van der Waals surface area (Å²) < 4.78 is 38.7. The van der Waals surface area contributed by atoms with E-state index in [0.29, 0.717) is 0 Å². The Kier molecular flexibility index (Phi) is 4.18. The predicted molar refractivity (Wildman–Crippen MR) is 56.4 cm³/mol. The van der Waals surface area contributed by atoms with Gasteiger partial charge in [0.25, 0.3) is 0 Å². The van der Waals surface area contributed by atoms with E-state index in [9.17, 15) is 13.2 Å². The van der Waals surface area contributed by atoms with E-state index in [2.05, 4.69) is 10.1 Å². The van der Waals surface area contributed by atoms with Crippen molar-refractivity contribution in [3.8, 4) is 0 Å². The van der Waals surface area contributed by atoms with Crippen LogP contribution in [0.5, 0.6) is 0 Å². The lowest BCUT2D eigenvalue weighted by Gasteiger charge is -2.11. The maximum absolute atomic E-state index is 11.7. The average Bonchev–Trinajstić information content (AvgIpc) is 2.16. The van der Waals surface area contributed by atoms with Crippen molar-refractivity contribution in [2.24, 2.45) is 0 Å². The normalized spacial score (nSPS) is 11.6. The zero-order chi connectivity index (χ0) is 12.2. The first kappa shape index (κ1) is 12.8. The third-order valence-corrected chi connectivity index (χ3v) is 2.08. The molecule has 0 unspecified atom stereocenters. The minimum atomic E-state index is -4.55. The molecule has 0 aliphatic rings. The van der Waals surface area contributed by atoms with E-state index in [4.69, 9.17) is 0 Å². The highest BCUT2D eigenvalue weighted by Crippen LogP contribution is 2.17. The molecule has 1 N–H and O–H groups in total. The summed E-state index contributed by atoms with van der Waals surface area (Å²) in [4.78, 5) is 0. The van der Waals surface area contributed by atoms with Crippen molar-refractivity contribution in [1.82, 2.24) is 0 Å². The van der Waals surface area contributed by atoms with Crippen LogP contribution < -0.4 is 5.32 Å². The van der Waals surface area contributed by atoms with Gasteiger partial charge in [0, 0.05) is 12.2 Å². The Morgan fingerprint density at radius 1 is 1.25 bits per heavy atom. The van der Waals surface area contributed by atoms with E-state index in [0.717, 1.165) is 16.8 Å². The molecule has 1 aromatic carbocycles. The molecule has 0 amide bonds. The molecule has 16 heavy (non-hydrogen) atoms. The summed E-state index contributed by atoms with van der Waals surface area (Å²) in [5.74, 6) is 0. The van der Waals surface area contributed by atoms with Gasteiger partial charge in [-0.05, 0) is 31.0 Å². The molecule has 0 radical (unpaired) electrons. The number of rotatable bonds is 4. The number of nitrogens with one attached hydrogen (secondary N) is 1. The van der Waals surface area contributed by atoms with Crippen molar-refractivity contribution in [1.29, 1.82) is 0 Å². The van der Waals surface area contributed by atoms with Crippen molar-refractivity contribution in [2.75, 3.05) is 18.5 Å². The third-order valence-electron chi connectivity index (χ3n) is 2.08. The smallest absolute Gasteiger partial charge is 0.383 e. The summed E-state index contributed by atoms with van der Waals surface area (Å²) in [5, 5.41) is 2.90. The minimum absolute atomic E-state index is 0.129. The number of halogens is 3. The summed E-state index contributed by atoms with van der Waals surface area (Å²) in [6.07, 6.45) is -4.55. The Morgan fingerprint density at radius 2 is 1.94 bits per heavy atom. The number of alkyl halides is 3. The van der Waals surface area contributed by atoms with E-state index in [-0.39, 0.29) is 6.54 Å². The average molecular weight is 233 g/mol. The van der Waals surface area contributed by atoms with Gasteiger partial charge < -0.3 is 5.32 Å². The molecule has 0 fully saturated rings. The molecule has 90 valence electrons. The van der Waals surface area contributed by atoms with Gasteiger partial charge in [-0.1, -0.05) is 12.1 Å². The Labute approximate surface area is 92.4 Å². The topological polar surface area (TPSA) is 21.3 Å². The highest BCUT2D eigenvalue weighted by molar-refractivity contribution is 5.52. The highest BCUT2D eigenvalue weighted by Gasteiger charge is 2.28. The van der Waals surface area contributed by atoms with Crippen molar-refractivity contribution in [3.05, 3.63) is 29.3 Å². The molecule has 0 aliphatic heterocycles. The van der Waals surface area contributed by atoms with Crippen LogP contribution in [-0.2, 0) is 4.74 Å². The molecule has 2 nitrogen and oxygen atoms in total. The molecule has 5 heteroatoms. The van der Waals surface area contributed by atoms with E-state index in [1.54, 1.807) is 0 Å². The highest BCUT2D eigenvalue weighted by atomic mass is 19.4. The summed E-state index contributed by atoms with van der Waals surface area (Å²) in [5.41, 5.74) is 2.90. The number of hydrogen-bond donors (Lipinski definition) is 1. The maximum Gasteiger partial charge on any atom is 0.522 e. The fraction of sp³-hybridized carbons (Fsp3) is 0.455. The monoisotopic (exact) mass is 233 g/mol. The van der Waals surface area contributed by atoms with Gasteiger partial charge in [-0.3, -0.25) is 4.74 Å². The van der Waals surface area contributed by atoms with Crippen LogP contribution in [0.3, 0.4) is 0 Å². The van der Waals surface area contributed by atoms with Crippen molar-refractivity contribution < 1.29 is 17.9 Å². The lowest BCUT2D eigenvalue weighted by atomic mass is 10.1. The molecule has 0 spiro atoms. The second-order valence-corrected chi connectivity index (χ2v) is 3.54. The quantitative estimate of drug-likeness (QED) is 0.806. The Balaban J connectivity index is 2.40. The maximum atomic E-state index is 11.7. The first-order valence-electron chi connectivity index (χ1n) is 4.90. The molecule has 0 heterocycles. The first-order chi connectivity index (χ1) is 7.38. The summed E-state index contributed by atoms with van der Waals surface area (Å²) in [6.45, 7) is 3.56. The molecule has 0 bridgehead atoms. The van der Waals surface area contributed by atoms with Gasteiger partial charge in [-0.2, -0.15) is 0 Å². The van der Waals surface area contributed by atoms with Crippen molar-refractivity contribution >= 4 is 5.69 Å². The van der Waals surface area contributed by atoms with Crippen LogP contribution in [0.4, 0.5) is 18.9 Å². The van der Waals surface area contributed by atoms with Crippen LogP contribution in [0.2, 0.25) is 0 Å². The van der Waals surface area contributed by atoms with Crippen molar-refractivity contribution in [3.63, 3.8) is 0 Å². The number of aryl methyl sites for hydroxylation is 2. The summed E-state index contributed by atoms with van der Waals surface area (Å²) in [6, 6.07) is 5.76. The van der Waals surface area contributed by atoms with Crippen molar-refractivity contribution in [2.45, 2.75) is 20.2 Å². The third kappa shape index (κ3) is 4.53. The lowest BCUT2D eigenvalue weighted by Crippen LogP contribution is -2.19. The lowest BCUT2D eigenvalue weighted by molar-refractivity contribution is -0.322. The molecule has 1 aromatic rings. The Morgan fingerprint density at radius 3 is 2.56 bits per heavy atom. The van der Waals surface area contributed by atoms with Gasteiger partial charge in [0.15, 0.2) is 0 Å². The molecular weight excluding hydrogens is 219 g/mol. The molecule has 0 saturated heterocycles. The van der Waals surface area contributed by atoms with Gasteiger partial charge in [-0.15, -0.1) is 13.2 Å². The van der Waals surface area contributed by atoms with E-state index >= 15 is 0 Å². The largest absolute Gasteiger partial charge is 0.522 e. The number of hydrogen-bond acceptors (Lipinski definition) is 2. The zero-order valence-corrected chi connectivity index (χ0v) is 9.19. The fourth-order valence-electron chi connectivity index (χ4n) is 1.28. The second kappa shape index (κ2) is 5.21. The van der Waals surface area contributed by atoms with E-state index < -0.39 is 13.0 Å². The van der Waals surface area contributed by atoms with Gasteiger partial charge in [0.1, 0.15) is 0 Å². The van der Waals surface area contributed by atoms with Gasteiger partial charge in [-0.25, -0.2) is 0 Å². The van der Waals surface area contributed by atoms with E-state index in [1.807, 2.05) is 32.0 Å². The predicted octanol–water partition coefficient (Wildman–Crippen LogP) is 3.25. The molecule has 0 aromatic heterocycles. The molecular formula is C11H14F3NO. The fourth-order valence-corrected chi connectivity index (χ4v) is 1.28. The molecule has 0 aliphatic carbocycles. The van der Waals surface area contributed by atoms with Gasteiger partial charge in [0.05, 0.1) is 6.61 Å². The van der Waals surface area contributed by atoms with Gasteiger partial charge in [0.2, 0.25) is 0 Å². The van der Waals surface area contributed by atoms with Crippen LogP contribution in [0.15, 0.2) is 18.2 Å².